The lowest BCUT2D eigenvalue weighted by atomic mass is 10.2. The number of halogens is 1. The summed E-state index contributed by atoms with van der Waals surface area (Å²) in [5.41, 5.74) is 0.750. The van der Waals surface area contributed by atoms with Crippen LogP contribution in [0.4, 0.5) is 4.39 Å². The van der Waals surface area contributed by atoms with Gasteiger partial charge in [-0.2, -0.15) is 0 Å². The Balaban J connectivity index is 1.51. The molecule has 1 aliphatic heterocycles. The van der Waals surface area contributed by atoms with Gasteiger partial charge >= 0.3 is 0 Å². The number of nitrogens with one attached hydrogen (secondary N) is 1. The average molecular weight is 330 g/mol. The van der Waals surface area contributed by atoms with Gasteiger partial charge in [0.2, 0.25) is 0 Å². The number of benzene rings is 1. The first-order valence-corrected chi connectivity index (χ1v) is 8.59. The lowest BCUT2D eigenvalue weighted by Gasteiger charge is -2.19. The summed E-state index contributed by atoms with van der Waals surface area (Å²) in [7, 11) is 0. The fraction of sp³-hybridized carbons (Fsp3) is 0.421. The van der Waals surface area contributed by atoms with Crippen LogP contribution in [0, 0.1) is 5.82 Å². The van der Waals surface area contributed by atoms with Gasteiger partial charge in [0.1, 0.15) is 11.6 Å². The van der Waals surface area contributed by atoms with Crippen LogP contribution in [0.1, 0.15) is 36.2 Å². The van der Waals surface area contributed by atoms with Crippen molar-refractivity contribution < 1.29 is 13.6 Å². The van der Waals surface area contributed by atoms with Gasteiger partial charge in [-0.15, -0.1) is 0 Å². The van der Waals surface area contributed by atoms with Crippen molar-refractivity contribution in [3.8, 4) is 11.3 Å². The molecule has 1 aromatic heterocycles. The average Bonchev–Trinajstić information content (AvgIpc) is 2.94. The normalized spacial score (nSPS) is 15.9. The van der Waals surface area contributed by atoms with Crippen molar-refractivity contribution in [2.45, 2.75) is 25.7 Å². The van der Waals surface area contributed by atoms with E-state index in [1.54, 1.807) is 24.3 Å². The second kappa shape index (κ2) is 8.11. The number of rotatable bonds is 5. The molecule has 3 rings (SSSR count). The summed E-state index contributed by atoms with van der Waals surface area (Å²) in [5, 5.41) is 2.91. The third kappa shape index (κ3) is 4.45. The number of carbonyl (C=O) groups excluding carboxylic acids is 1. The van der Waals surface area contributed by atoms with Crippen molar-refractivity contribution in [1.29, 1.82) is 0 Å². The minimum Gasteiger partial charge on any atom is -0.451 e. The molecule has 128 valence electrons. The van der Waals surface area contributed by atoms with Crippen LogP contribution in [0.25, 0.3) is 11.3 Å². The molecule has 5 heteroatoms. The highest BCUT2D eigenvalue weighted by molar-refractivity contribution is 5.92. The molecule has 1 N–H and O–H groups in total. The second-order valence-electron chi connectivity index (χ2n) is 6.18. The number of furan rings is 1. The zero-order chi connectivity index (χ0) is 16.8. The molecule has 1 saturated heterocycles. The molecule has 0 atom stereocenters. The van der Waals surface area contributed by atoms with Gasteiger partial charge in [0.25, 0.3) is 5.91 Å². The molecule has 0 saturated carbocycles. The molecule has 1 aliphatic rings. The van der Waals surface area contributed by atoms with E-state index in [9.17, 15) is 9.18 Å². The maximum atomic E-state index is 13.0. The van der Waals surface area contributed by atoms with Gasteiger partial charge in [0, 0.05) is 18.7 Å². The molecular weight excluding hydrogens is 307 g/mol. The summed E-state index contributed by atoms with van der Waals surface area (Å²) < 4.78 is 18.5. The minimum atomic E-state index is -0.295. The van der Waals surface area contributed by atoms with Gasteiger partial charge < -0.3 is 14.6 Å². The molecule has 4 nitrogen and oxygen atoms in total. The van der Waals surface area contributed by atoms with E-state index in [0.717, 1.165) is 25.2 Å². The maximum Gasteiger partial charge on any atom is 0.287 e. The third-order valence-electron chi connectivity index (χ3n) is 4.37. The van der Waals surface area contributed by atoms with Crippen molar-refractivity contribution in [2.75, 3.05) is 26.2 Å². The Morgan fingerprint density at radius 1 is 1.04 bits per heavy atom. The second-order valence-corrected chi connectivity index (χ2v) is 6.18. The van der Waals surface area contributed by atoms with Crippen LogP contribution in [0.5, 0.6) is 0 Å². The summed E-state index contributed by atoms with van der Waals surface area (Å²) in [6.07, 6.45) is 5.10. The Bertz CT molecular complexity index is 658. The largest absolute Gasteiger partial charge is 0.451 e. The Labute approximate surface area is 141 Å². The van der Waals surface area contributed by atoms with Gasteiger partial charge in [0.15, 0.2) is 5.76 Å². The first-order chi connectivity index (χ1) is 11.7. The monoisotopic (exact) mass is 330 g/mol. The highest BCUT2D eigenvalue weighted by Crippen LogP contribution is 2.22. The van der Waals surface area contributed by atoms with Crippen molar-refractivity contribution >= 4 is 5.91 Å². The highest BCUT2D eigenvalue weighted by atomic mass is 19.1. The number of hydrogen-bond acceptors (Lipinski definition) is 3. The van der Waals surface area contributed by atoms with Gasteiger partial charge in [-0.1, -0.05) is 12.8 Å². The van der Waals surface area contributed by atoms with Crippen molar-refractivity contribution in [1.82, 2.24) is 10.2 Å². The van der Waals surface area contributed by atoms with Gasteiger partial charge in [0.05, 0.1) is 0 Å². The predicted molar refractivity (Wildman–Crippen MR) is 91.3 cm³/mol. The molecule has 1 aromatic carbocycles. The Hall–Kier alpha value is -2.14. The first kappa shape index (κ1) is 16.7. The van der Waals surface area contributed by atoms with Crippen LogP contribution in [0.2, 0.25) is 0 Å². The zero-order valence-corrected chi connectivity index (χ0v) is 13.8. The summed E-state index contributed by atoms with van der Waals surface area (Å²) in [4.78, 5) is 14.6. The van der Waals surface area contributed by atoms with Crippen LogP contribution in [0.15, 0.2) is 40.8 Å². The molecule has 0 bridgehead atoms. The van der Waals surface area contributed by atoms with Crippen LogP contribution >= 0.6 is 0 Å². The fourth-order valence-electron chi connectivity index (χ4n) is 3.00. The Morgan fingerprint density at radius 3 is 2.46 bits per heavy atom. The molecule has 0 radical (unpaired) electrons. The van der Waals surface area contributed by atoms with E-state index in [1.807, 2.05) is 0 Å². The molecule has 24 heavy (non-hydrogen) atoms. The van der Waals surface area contributed by atoms with Crippen LogP contribution < -0.4 is 5.32 Å². The van der Waals surface area contributed by atoms with Crippen LogP contribution in [0.3, 0.4) is 0 Å². The lowest BCUT2D eigenvalue weighted by Crippen LogP contribution is -2.35. The molecule has 0 unspecified atom stereocenters. The smallest absolute Gasteiger partial charge is 0.287 e. The van der Waals surface area contributed by atoms with Gasteiger partial charge in [-0.25, -0.2) is 4.39 Å². The molecule has 0 aliphatic carbocycles. The van der Waals surface area contributed by atoms with E-state index >= 15 is 0 Å². The summed E-state index contributed by atoms with van der Waals surface area (Å²) >= 11 is 0. The van der Waals surface area contributed by atoms with Crippen LogP contribution in [-0.2, 0) is 0 Å². The number of amides is 1. The van der Waals surface area contributed by atoms with E-state index in [0.29, 0.717) is 12.3 Å². The van der Waals surface area contributed by atoms with Crippen molar-refractivity contribution in [2.24, 2.45) is 0 Å². The van der Waals surface area contributed by atoms with E-state index < -0.39 is 0 Å². The predicted octanol–water partition coefficient (Wildman–Crippen LogP) is 3.69. The van der Waals surface area contributed by atoms with E-state index in [4.69, 9.17) is 4.42 Å². The summed E-state index contributed by atoms with van der Waals surface area (Å²) in [6, 6.07) is 9.40. The van der Waals surface area contributed by atoms with Gasteiger partial charge in [-0.05, 0) is 62.3 Å². The topological polar surface area (TPSA) is 45.5 Å². The molecule has 1 amide bonds. The minimum absolute atomic E-state index is 0.210. The fourth-order valence-corrected chi connectivity index (χ4v) is 3.00. The number of likely N-dealkylation sites (tertiary alicyclic amines) is 1. The number of carbonyl (C=O) groups is 1. The van der Waals surface area contributed by atoms with Crippen molar-refractivity contribution in [3.05, 3.63) is 48.0 Å². The van der Waals surface area contributed by atoms with Crippen LogP contribution in [-0.4, -0.2) is 37.0 Å². The van der Waals surface area contributed by atoms with Gasteiger partial charge in [-0.3, -0.25) is 4.79 Å². The number of nitrogens with zero attached hydrogens (tertiary/aromatic N) is 1. The molecule has 2 aromatic rings. The Morgan fingerprint density at radius 2 is 1.75 bits per heavy atom. The maximum absolute atomic E-state index is 13.0. The highest BCUT2D eigenvalue weighted by Gasteiger charge is 2.13. The SMILES string of the molecule is O=C(NCCN1CCCCCC1)c1ccc(-c2ccc(F)cc2)o1. The molecule has 1 fully saturated rings. The zero-order valence-electron chi connectivity index (χ0n) is 13.8. The Kier molecular flexibility index (Phi) is 5.64. The quantitative estimate of drug-likeness (QED) is 0.909. The molecule has 2 heterocycles. The summed E-state index contributed by atoms with van der Waals surface area (Å²) in [5.74, 6) is 0.341. The summed E-state index contributed by atoms with van der Waals surface area (Å²) in [6.45, 7) is 3.72. The van der Waals surface area contributed by atoms with E-state index in [1.165, 1.54) is 37.8 Å². The van der Waals surface area contributed by atoms with E-state index in [2.05, 4.69) is 10.2 Å². The molecular formula is C19H23FN2O2. The molecule has 0 spiro atoms. The lowest BCUT2D eigenvalue weighted by molar-refractivity contribution is 0.0921. The third-order valence-corrected chi connectivity index (χ3v) is 4.37. The van der Waals surface area contributed by atoms with Crippen molar-refractivity contribution in [3.63, 3.8) is 0 Å². The van der Waals surface area contributed by atoms with E-state index in [-0.39, 0.29) is 17.5 Å². The standard InChI is InChI=1S/C19H23FN2O2/c20-16-7-5-15(6-8-16)17-9-10-18(24-17)19(23)21-11-14-22-12-3-1-2-4-13-22/h5-10H,1-4,11-14H2,(H,21,23). The first-order valence-electron chi connectivity index (χ1n) is 8.59. The number of hydrogen-bond donors (Lipinski definition) is 1.